The Morgan fingerprint density at radius 3 is 2.22 bits per heavy atom. The Hall–Kier alpha value is -3.61. The molecule has 138 valence electrons. The van der Waals surface area contributed by atoms with E-state index in [0.29, 0.717) is 29.8 Å². The second-order valence-corrected chi connectivity index (χ2v) is 5.72. The summed E-state index contributed by atoms with van der Waals surface area (Å²) in [6, 6.07) is 18.1. The highest BCUT2D eigenvalue weighted by Gasteiger charge is 2.05. The lowest BCUT2D eigenvalue weighted by Gasteiger charge is -2.10. The number of amides is 2. The van der Waals surface area contributed by atoms with Crippen LogP contribution in [0.4, 0.5) is 27.7 Å². The van der Waals surface area contributed by atoms with Crippen molar-refractivity contribution in [3.8, 4) is 5.88 Å². The lowest BCUT2D eigenvalue weighted by Crippen LogP contribution is -2.19. The molecule has 0 fully saturated rings. The van der Waals surface area contributed by atoms with Crippen molar-refractivity contribution in [2.75, 3.05) is 22.6 Å². The molecule has 3 N–H and O–H groups in total. The number of hydrogen-bond acceptors (Lipinski definition) is 5. The Kier molecular flexibility index (Phi) is 5.84. The number of anilines is 4. The van der Waals surface area contributed by atoms with Crippen LogP contribution in [0.5, 0.6) is 5.88 Å². The number of benzene rings is 2. The van der Waals surface area contributed by atoms with Gasteiger partial charge in [-0.15, -0.1) is 0 Å². The van der Waals surface area contributed by atoms with Crippen molar-refractivity contribution < 1.29 is 9.53 Å². The molecule has 2 amide bonds. The fourth-order valence-corrected chi connectivity index (χ4v) is 2.43. The molecule has 7 nitrogen and oxygen atoms in total. The summed E-state index contributed by atoms with van der Waals surface area (Å²) >= 11 is 0. The molecule has 0 saturated heterocycles. The average Bonchev–Trinajstić information content (AvgIpc) is 2.64. The summed E-state index contributed by atoms with van der Waals surface area (Å²) in [4.78, 5) is 20.6. The van der Waals surface area contributed by atoms with Crippen LogP contribution in [0.15, 0.2) is 60.7 Å². The first-order valence-electron chi connectivity index (χ1n) is 8.61. The van der Waals surface area contributed by atoms with Crippen molar-refractivity contribution in [2.45, 2.75) is 13.8 Å². The zero-order chi connectivity index (χ0) is 19.1. The summed E-state index contributed by atoms with van der Waals surface area (Å²) in [5.41, 5.74) is 2.25. The van der Waals surface area contributed by atoms with Crippen LogP contribution in [0.1, 0.15) is 12.7 Å². The van der Waals surface area contributed by atoms with Crippen LogP contribution >= 0.6 is 0 Å². The molecule has 27 heavy (non-hydrogen) atoms. The first-order chi connectivity index (χ1) is 13.1. The SMILES string of the molecule is CCOc1cc(Nc2ccc(NC(=O)Nc3ccccc3)cc2)nc(C)n1. The number of carbonyl (C=O) groups is 1. The highest BCUT2D eigenvalue weighted by atomic mass is 16.5. The minimum Gasteiger partial charge on any atom is -0.478 e. The van der Waals surface area contributed by atoms with E-state index >= 15 is 0 Å². The smallest absolute Gasteiger partial charge is 0.323 e. The number of ether oxygens (including phenoxy) is 1. The zero-order valence-corrected chi connectivity index (χ0v) is 15.2. The quantitative estimate of drug-likeness (QED) is 0.597. The van der Waals surface area contributed by atoms with Gasteiger partial charge < -0.3 is 20.7 Å². The maximum absolute atomic E-state index is 12.0. The Morgan fingerprint density at radius 2 is 1.56 bits per heavy atom. The molecule has 0 aliphatic rings. The van der Waals surface area contributed by atoms with Gasteiger partial charge in [-0.2, -0.15) is 4.98 Å². The third kappa shape index (κ3) is 5.43. The second-order valence-electron chi connectivity index (χ2n) is 5.72. The number of nitrogens with zero attached hydrogens (tertiary/aromatic N) is 2. The maximum atomic E-state index is 12.0. The molecule has 1 heterocycles. The number of para-hydroxylation sites is 1. The van der Waals surface area contributed by atoms with E-state index in [2.05, 4.69) is 25.9 Å². The lowest BCUT2D eigenvalue weighted by atomic mass is 10.2. The summed E-state index contributed by atoms with van der Waals surface area (Å²) in [6.45, 7) is 4.26. The standard InChI is InChI=1S/C20H21N5O2/c1-3-27-19-13-18(21-14(2)22-19)23-16-9-11-17(12-10-16)25-20(26)24-15-7-5-4-6-8-15/h4-13H,3H2,1-2H3,(H,21,22,23)(H2,24,25,26). The molecule has 7 heteroatoms. The van der Waals surface area contributed by atoms with E-state index in [1.807, 2.05) is 68.4 Å². The van der Waals surface area contributed by atoms with Crippen LogP contribution in [0, 0.1) is 6.92 Å². The molecule has 3 aromatic rings. The van der Waals surface area contributed by atoms with Crippen LogP contribution in [0.3, 0.4) is 0 Å². The van der Waals surface area contributed by atoms with E-state index in [0.717, 1.165) is 11.4 Å². The van der Waals surface area contributed by atoms with Gasteiger partial charge in [0.05, 0.1) is 6.61 Å². The summed E-state index contributed by atoms with van der Waals surface area (Å²) < 4.78 is 5.43. The molecule has 0 unspecified atom stereocenters. The molecule has 0 bridgehead atoms. The van der Waals surface area contributed by atoms with Gasteiger partial charge in [0.15, 0.2) is 0 Å². The number of aromatic nitrogens is 2. The number of carbonyl (C=O) groups excluding carboxylic acids is 1. The van der Waals surface area contributed by atoms with E-state index in [-0.39, 0.29) is 6.03 Å². The number of hydrogen-bond donors (Lipinski definition) is 3. The van der Waals surface area contributed by atoms with Gasteiger partial charge in [0, 0.05) is 23.1 Å². The third-order valence-electron chi connectivity index (χ3n) is 3.55. The normalized spacial score (nSPS) is 10.1. The van der Waals surface area contributed by atoms with Crippen molar-refractivity contribution in [3.63, 3.8) is 0 Å². The van der Waals surface area contributed by atoms with Gasteiger partial charge in [-0.3, -0.25) is 0 Å². The third-order valence-corrected chi connectivity index (χ3v) is 3.55. The average molecular weight is 363 g/mol. The molecular weight excluding hydrogens is 342 g/mol. The Labute approximate surface area is 157 Å². The molecule has 0 saturated carbocycles. The molecule has 0 aliphatic carbocycles. The van der Waals surface area contributed by atoms with Crippen LogP contribution in [0.25, 0.3) is 0 Å². The fourth-order valence-electron chi connectivity index (χ4n) is 2.43. The van der Waals surface area contributed by atoms with E-state index in [9.17, 15) is 4.79 Å². The van der Waals surface area contributed by atoms with Crippen molar-refractivity contribution in [2.24, 2.45) is 0 Å². The first kappa shape index (κ1) is 18.2. The van der Waals surface area contributed by atoms with E-state index in [1.54, 1.807) is 6.07 Å². The van der Waals surface area contributed by atoms with E-state index in [1.165, 1.54) is 0 Å². The molecule has 0 spiro atoms. The van der Waals surface area contributed by atoms with Gasteiger partial charge in [0.1, 0.15) is 11.6 Å². The van der Waals surface area contributed by atoms with Gasteiger partial charge in [-0.05, 0) is 50.2 Å². The monoisotopic (exact) mass is 363 g/mol. The minimum absolute atomic E-state index is 0.297. The van der Waals surface area contributed by atoms with E-state index < -0.39 is 0 Å². The van der Waals surface area contributed by atoms with Gasteiger partial charge in [-0.1, -0.05) is 18.2 Å². The number of aryl methyl sites for hydroxylation is 1. The fraction of sp³-hybridized carbons (Fsp3) is 0.150. The largest absolute Gasteiger partial charge is 0.478 e. The molecule has 0 radical (unpaired) electrons. The van der Waals surface area contributed by atoms with E-state index in [4.69, 9.17) is 4.74 Å². The number of nitrogens with one attached hydrogen (secondary N) is 3. The predicted octanol–water partition coefficient (Wildman–Crippen LogP) is 4.57. The van der Waals surface area contributed by atoms with Gasteiger partial charge in [-0.25, -0.2) is 9.78 Å². The predicted molar refractivity (Wildman–Crippen MR) is 107 cm³/mol. The first-order valence-corrected chi connectivity index (χ1v) is 8.61. The van der Waals surface area contributed by atoms with Crippen molar-refractivity contribution in [1.82, 2.24) is 9.97 Å². The molecule has 2 aromatic carbocycles. The summed E-state index contributed by atoms with van der Waals surface area (Å²) in [6.07, 6.45) is 0. The van der Waals surface area contributed by atoms with Crippen LogP contribution in [-0.2, 0) is 0 Å². The topological polar surface area (TPSA) is 88.2 Å². The maximum Gasteiger partial charge on any atom is 0.323 e. The minimum atomic E-state index is -0.297. The zero-order valence-electron chi connectivity index (χ0n) is 15.2. The highest BCUT2D eigenvalue weighted by molar-refractivity contribution is 5.99. The number of rotatable bonds is 6. The summed E-state index contributed by atoms with van der Waals surface area (Å²) in [5.74, 6) is 1.80. The Bertz CT molecular complexity index is 898. The van der Waals surface area contributed by atoms with Crippen molar-refractivity contribution in [3.05, 3.63) is 66.5 Å². The molecular formula is C20H21N5O2. The lowest BCUT2D eigenvalue weighted by molar-refractivity contribution is 0.262. The molecule has 0 aliphatic heterocycles. The van der Waals surface area contributed by atoms with Crippen LogP contribution in [0.2, 0.25) is 0 Å². The molecule has 3 rings (SSSR count). The van der Waals surface area contributed by atoms with Crippen molar-refractivity contribution in [1.29, 1.82) is 0 Å². The highest BCUT2D eigenvalue weighted by Crippen LogP contribution is 2.20. The van der Waals surface area contributed by atoms with Crippen molar-refractivity contribution >= 4 is 28.9 Å². The van der Waals surface area contributed by atoms with Crippen LogP contribution in [-0.4, -0.2) is 22.6 Å². The number of urea groups is 1. The Balaban J connectivity index is 1.61. The molecule has 0 atom stereocenters. The summed E-state index contributed by atoms with van der Waals surface area (Å²) in [5, 5.41) is 8.77. The second kappa shape index (κ2) is 8.66. The van der Waals surface area contributed by atoms with Gasteiger partial charge in [0.2, 0.25) is 5.88 Å². The summed E-state index contributed by atoms with van der Waals surface area (Å²) in [7, 11) is 0. The van der Waals surface area contributed by atoms with Gasteiger partial charge in [0.25, 0.3) is 0 Å². The Morgan fingerprint density at radius 1 is 0.926 bits per heavy atom. The van der Waals surface area contributed by atoms with Gasteiger partial charge >= 0.3 is 6.03 Å². The molecule has 1 aromatic heterocycles. The van der Waals surface area contributed by atoms with Crippen LogP contribution < -0.4 is 20.7 Å².